The second-order valence-corrected chi connectivity index (χ2v) is 8.96. The minimum atomic E-state index is -0.972. The van der Waals surface area contributed by atoms with Gasteiger partial charge >= 0.3 is 5.97 Å². The molecule has 33 heavy (non-hydrogen) atoms. The van der Waals surface area contributed by atoms with Crippen LogP contribution < -0.4 is 4.74 Å². The van der Waals surface area contributed by atoms with Crippen LogP contribution >= 0.6 is 15.9 Å². The van der Waals surface area contributed by atoms with Crippen molar-refractivity contribution in [1.82, 2.24) is 4.57 Å². The van der Waals surface area contributed by atoms with Crippen molar-refractivity contribution in [2.24, 2.45) is 0 Å². The van der Waals surface area contributed by atoms with Crippen LogP contribution in [-0.4, -0.2) is 21.7 Å². The van der Waals surface area contributed by atoms with E-state index >= 15 is 0 Å². The Kier molecular flexibility index (Phi) is 7.30. The summed E-state index contributed by atoms with van der Waals surface area (Å²) in [6, 6.07) is 29.9. The average molecular weight is 504 g/mol. The predicted molar refractivity (Wildman–Crippen MR) is 135 cm³/mol. The van der Waals surface area contributed by atoms with E-state index in [1.165, 1.54) is 11.3 Å². The highest BCUT2D eigenvalue weighted by Crippen LogP contribution is 2.26. The standard InChI is InChI=1S/C28H26BrNO3/c1-20-7-16-26(30(20)18-17-21-8-12-24(29)13-9-21)23-10-14-25(15-11-23)33-27(28(31)32)19-22-5-3-2-4-6-22/h2-16,27H,17-19H2,1H3,(H,31,32)/t27-/m1/s1. The minimum absolute atomic E-state index is 0.316. The Bertz CT molecular complexity index is 1200. The first-order valence-corrected chi connectivity index (χ1v) is 11.7. The summed E-state index contributed by atoms with van der Waals surface area (Å²) in [5.74, 6) is -0.424. The van der Waals surface area contributed by atoms with Gasteiger partial charge in [-0.15, -0.1) is 0 Å². The van der Waals surface area contributed by atoms with Crippen LogP contribution in [0.4, 0.5) is 0 Å². The van der Waals surface area contributed by atoms with Gasteiger partial charge in [0, 0.05) is 28.8 Å². The molecule has 1 heterocycles. The lowest BCUT2D eigenvalue weighted by Crippen LogP contribution is -2.29. The molecule has 4 aromatic rings. The number of carboxylic acids is 1. The van der Waals surface area contributed by atoms with Crippen molar-refractivity contribution < 1.29 is 14.6 Å². The second-order valence-electron chi connectivity index (χ2n) is 8.05. The molecule has 0 aliphatic heterocycles. The fraction of sp³-hybridized carbons (Fsp3) is 0.179. The molecule has 1 aromatic heterocycles. The number of ether oxygens (including phenoxy) is 1. The fourth-order valence-corrected chi connectivity index (χ4v) is 4.15. The SMILES string of the molecule is Cc1ccc(-c2ccc(O[C@H](Cc3ccccc3)C(=O)O)cc2)n1CCc1ccc(Br)cc1. The van der Waals surface area contributed by atoms with E-state index in [1.54, 1.807) is 0 Å². The van der Waals surface area contributed by atoms with Crippen molar-refractivity contribution in [3.8, 4) is 17.0 Å². The molecule has 0 aliphatic rings. The third-order valence-corrected chi connectivity index (χ3v) is 6.23. The zero-order valence-corrected chi connectivity index (χ0v) is 20.0. The molecule has 0 unspecified atom stereocenters. The lowest BCUT2D eigenvalue weighted by molar-refractivity contribution is -0.145. The summed E-state index contributed by atoms with van der Waals surface area (Å²) in [7, 11) is 0. The number of carboxylic acid groups (broad SMARTS) is 1. The average Bonchev–Trinajstić information content (AvgIpc) is 3.19. The molecule has 1 N–H and O–H groups in total. The lowest BCUT2D eigenvalue weighted by Gasteiger charge is -2.16. The molecule has 5 heteroatoms. The van der Waals surface area contributed by atoms with Gasteiger partial charge in [-0.05, 0) is 78.6 Å². The van der Waals surface area contributed by atoms with Crippen LogP contribution in [0.1, 0.15) is 16.8 Å². The maximum Gasteiger partial charge on any atom is 0.345 e. The first kappa shape index (κ1) is 22.9. The molecule has 0 saturated carbocycles. The normalized spacial score (nSPS) is 11.8. The van der Waals surface area contributed by atoms with E-state index < -0.39 is 12.1 Å². The third kappa shape index (κ3) is 5.93. The number of benzene rings is 3. The summed E-state index contributed by atoms with van der Waals surface area (Å²) >= 11 is 3.49. The van der Waals surface area contributed by atoms with Gasteiger partial charge < -0.3 is 14.4 Å². The predicted octanol–water partition coefficient (Wildman–Crippen LogP) is 6.54. The summed E-state index contributed by atoms with van der Waals surface area (Å²) < 4.78 is 9.21. The van der Waals surface area contributed by atoms with Crippen molar-refractivity contribution in [3.05, 3.63) is 112 Å². The monoisotopic (exact) mass is 503 g/mol. The Morgan fingerprint density at radius 1 is 0.909 bits per heavy atom. The van der Waals surface area contributed by atoms with Gasteiger partial charge in [0.1, 0.15) is 5.75 Å². The van der Waals surface area contributed by atoms with E-state index in [0.717, 1.165) is 34.3 Å². The smallest absolute Gasteiger partial charge is 0.345 e. The summed E-state index contributed by atoms with van der Waals surface area (Å²) in [6.07, 6.45) is 0.322. The van der Waals surface area contributed by atoms with E-state index in [1.807, 2.05) is 54.6 Å². The minimum Gasteiger partial charge on any atom is -0.478 e. The van der Waals surface area contributed by atoms with Crippen LogP contribution in [0.15, 0.2) is 95.5 Å². The first-order chi connectivity index (χ1) is 16.0. The lowest BCUT2D eigenvalue weighted by atomic mass is 10.1. The number of nitrogens with zero attached hydrogens (tertiary/aromatic N) is 1. The van der Waals surface area contributed by atoms with Gasteiger partial charge in [-0.25, -0.2) is 4.79 Å². The molecule has 4 nitrogen and oxygen atoms in total. The van der Waals surface area contributed by atoms with Crippen LogP contribution in [-0.2, 0) is 24.2 Å². The number of aliphatic carboxylic acids is 1. The van der Waals surface area contributed by atoms with Crippen molar-refractivity contribution in [1.29, 1.82) is 0 Å². The molecule has 0 saturated heterocycles. The van der Waals surface area contributed by atoms with Crippen LogP contribution in [0.3, 0.4) is 0 Å². The van der Waals surface area contributed by atoms with Crippen molar-refractivity contribution in [3.63, 3.8) is 0 Å². The molecular weight excluding hydrogens is 478 g/mol. The van der Waals surface area contributed by atoms with Gasteiger partial charge in [0.2, 0.25) is 0 Å². The van der Waals surface area contributed by atoms with E-state index in [-0.39, 0.29) is 0 Å². The highest BCUT2D eigenvalue weighted by atomic mass is 79.9. The van der Waals surface area contributed by atoms with Crippen LogP contribution in [0.25, 0.3) is 11.3 Å². The van der Waals surface area contributed by atoms with Crippen molar-refractivity contribution >= 4 is 21.9 Å². The number of aryl methyl sites for hydroxylation is 2. The zero-order valence-electron chi connectivity index (χ0n) is 18.4. The molecular formula is C28H26BrNO3. The van der Waals surface area contributed by atoms with Crippen LogP contribution in [0, 0.1) is 6.92 Å². The number of carbonyl (C=O) groups is 1. The maximum absolute atomic E-state index is 11.7. The molecule has 1 atom stereocenters. The molecule has 0 fully saturated rings. The van der Waals surface area contributed by atoms with Gasteiger partial charge in [-0.1, -0.05) is 58.4 Å². The summed E-state index contributed by atoms with van der Waals surface area (Å²) in [5, 5.41) is 9.60. The summed E-state index contributed by atoms with van der Waals surface area (Å²) in [4.78, 5) is 11.7. The molecule has 0 amide bonds. The van der Waals surface area contributed by atoms with E-state index in [0.29, 0.717) is 12.2 Å². The Hall–Kier alpha value is -3.31. The Morgan fingerprint density at radius 3 is 2.27 bits per heavy atom. The molecule has 4 rings (SSSR count). The molecule has 0 bridgehead atoms. The summed E-state index contributed by atoms with van der Waals surface area (Å²) in [5.41, 5.74) is 5.63. The van der Waals surface area contributed by atoms with Gasteiger partial charge in [-0.3, -0.25) is 0 Å². The van der Waals surface area contributed by atoms with Gasteiger partial charge in [-0.2, -0.15) is 0 Å². The first-order valence-electron chi connectivity index (χ1n) is 10.9. The number of aromatic nitrogens is 1. The van der Waals surface area contributed by atoms with E-state index in [2.05, 4.69) is 63.8 Å². The molecule has 0 aliphatic carbocycles. The number of hydrogen-bond donors (Lipinski definition) is 1. The topological polar surface area (TPSA) is 51.5 Å². The quantitative estimate of drug-likeness (QED) is 0.282. The van der Waals surface area contributed by atoms with Gasteiger partial charge in [0.15, 0.2) is 6.10 Å². The Balaban J connectivity index is 1.46. The summed E-state index contributed by atoms with van der Waals surface area (Å²) in [6.45, 7) is 3.00. The van der Waals surface area contributed by atoms with Crippen LogP contribution in [0.2, 0.25) is 0 Å². The van der Waals surface area contributed by atoms with Crippen molar-refractivity contribution in [2.75, 3.05) is 0 Å². The maximum atomic E-state index is 11.7. The molecule has 3 aromatic carbocycles. The van der Waals surface area contributed by atoms with Gasteiger partial charge in [0.25, 0.3) is 0 Å². The van der Waals surface area contributed by atoms with Crippen molar-refractivity contribution in [2.45, 2.75) is 32.4 Å². The number of rotatable bonds is 9. The van der Waals surface area contributed by atoms with Gasteiger partial charge in [0.05, 0.1) is 0 Å². The zero-order chi connectivity index (χ0) is 23.2. The third-order valence-electron chi connectivity index (χ3n) is 5.70. The van der Waals surface area contributed by atoms with Crippen LogP contribution in [0.5, 0.6) is 5.75 Å². The van der Waals surface area contributed by atoms with E-state index in [4.69, 9.17) is 4.74 Å². The van der Waals surface area contributed by atoms with E-state index in [9.17, 15) is 9.90 Å². The number of halogens is 1. The largest absolute Gasteiger partial charge is 0.478 e. The highest BCUT2D eigenvalue weighted by molar-refractivity contribution is 9.10. The molecule has 168 valence electrons. The molecule has 0 radical (unpaired) electrons. The molecule has 0 spiro atoms. The highest BCUT2D eigenvalue weighted by Gasteiger charge is 2.20. The Morgan fingerprint density at radius 2 is 1.61 bits per heavy atom. The second kappa shape index (κ2) is 10.5. The fourth-order valence-electron chi connectivity index (χ4n) is 3.89. The number of hydrogen-bond acceptors (Lipinski definition) is 2. The Labute approximate surface area is 202 Å².